The van der Waals surface area contributed by atoms with Crippen molar-refractivity contribution in [3.05, 3.63) is 60.7 Å². The fourth-order valence-electron chi connectivity index (χ4n) is 2.71. The lowest BCUT2D eigenvalue weighted by Crippen LogP contribution is -2.46. The lowest BCUT2D eigenvalue weighted by molar-refractivity contribution is 0.135. The van der Waals surface area contributed by atoms with E-state index in [2.05, 4.69) is 23.0 Å². The Kier molecular flexibility index (Phi) is 5.81. The van der Waals surface area contributed by atoms with Crippen LogP contribution in [0.3, 0.4) is 0 Å². The third-order valence-electron chi connectivity index (χ3n) is 3.83. The van der Waals surface area contributed by atoms with E-state index in [-0.39, 0.29) is 11.5 Å². The maximum atomic E-state index is 9.53. The molecule has 2 rings (SSSR count). The summed E-state index contributed by atoms with van der Waals surface area (Å²) in [5, 5.41) is 19.1. The summed E-state index contributed by atoms with van der Waals surface area (Å²) in [5.74, 6) is 0.220. The second-order valence-electron chi connectivity index (χ2n) is 5.59. The van der Waals surface area contributed by atoms with Crippen molar-refractivity contribution in [3.63, 3.8) is 0 Å². The fraction of sp³-hybridized carbons (Fsp3) is 0.333. The SMILES string of the molecule is C=C/C=C(\C=C)CN1CCN(Cc2cc(O)cc(O)c2)CC1. The van der Waals surface area contributed by atoms with Gasteiger partial charge in [-0.25, -0.2) is 0 Å². The molecule has 0 atom stereocenters. The highest BCUT2D eigenvalue weighted by Gasteiger charge is 2.17. The van der Waals surface area contributed by atoms with E-state index in [1.807, 2.05) is 12.2 Å². The first-order valence-corrected chi connectivity index (χ1v) is 7.51. The van der Waals surface area contributed by atoms with Gasteiger partial charge in [0, 0.05) is 45.3 Å². The zero-order valence-corrected chi connectivity index (χ0v) is 12.9. The zero-order chi connectivity index (χ0) is 15.9. The number of rotatable bonds is 6. The molecule has 0 bridgehead atoms. The van der Waals surface area contributed by atoms with E-state index in [4.69, 9.17) is 0 Å². The average Bonchev–Trinajstić information content (AvgIpc) is 2.47. The molecule has 0 aliphatic carbocycles. The summed E-state index contributed by atoms with van der Waals surface area (Å²) in [4.78, 5) is 4.73. The van der Waals surface area contributed by atoms with Gasteiger partial charge in [-0.3, -0.25) is 9.80 Å². The van der Waals surface area contributed by atoms with Crippen molar-refractivity contribution in [2.24, 2.45) is 0 Å². The molecule has 1 saturated heterocycles. The number of hydrogen-bond acceptors (Lipinski definition) is 4. The van der Waals surface area contributed by atoms with Crippen molar-refractivity contribution in [2.45, 2.75) is 6.54 Å². The highest BCUT2D eigenvalue weighted by atomic mass is 16.3. The van der Waals surface area contributed by atoms with E-state index in [9.17, 15) is 10.2 Å². The molecule has 1 heterocycles. The molecule has 0 spiro atoms. The minimum atomic E-state index is 0.110. The van der Waals surface area contributed by atoms with Crippen molar-refractivity contribution in [1.29, 1.82) is 0 Å². The van der Waals surface area contributed by atoms with E-state index in [1.54, 1.807) is 18.2 Å². The summed E-state index contributed by atoms with van der Waals surface area (Å²) >= 11 is 0. The summed E-state index contributed by atoms with van der Waals surface area (Å²) in [6.45, 7) is 13.1. The van der Waals surface area contributed by atoms with Crippen molar-refractivity contribution >= 4 is 0 Å². The third-order valence-corrected chi connectivity index (χ3v) is 3.83. The van der Waals surface area contributed by atoms with Gasteiger partial charge in [0.1, 0.15) is 11.5 Å². The molecule has 4 heteroatoms. The Hall–Kier alpha value is -2.04. The lowest BCUT2D eigenvalue weighted by Gasteiger charge is -2.35. The van der Waals surface area contributed by atoms with Crippen LogP contribution in [0.1, 0.15) is 5.56 Å². The van der Waals surface area contributed by atoms with Crippen LogP contribution in [-0.4, -0.2) is 52.7 Å². The molecule has 118 valence electrons. The van der Waals surface area contributed by atoms with Gasteiger partial charge in [0.25, 0.3) is 0 Å². The number of hydrogen-bond donors (Lipinski definition) is 2. The van der Waals surface area contributed by atoms with Crippen molar-refractivity contribution in [2.75, 3.05) is 32.7 Å². The molecule has 4 nitrogen and oxygen atoms in total. The molecular formula is C18H24N2O2. The zero-order valence-electron chi connectivity index (χ0n) is 12.9. The molecule has 2 N–H and O–H groups in total. The molecule has 0 amide bonds. The molecule has 1 aromatic rings. The van der Waals surface area contributed by atoms with Crippen LogP contribution in [0.25, 0.3) is 0 Å². The summed E-state index contributed by atoms with van der Waals surface area (Å²) in [7, 11) is 0. The monoisotopic (exact) mass is 300 g/mol. The number of piperazine rings is 1. The average molecular weight is 300 g/mol. The first-order chi connectivity index (χ1) is 10.6. The quantitative estimate of drug-likeness (QED) is 0.793. The van der Waals surface area contributed by atoms with Gasteiger partial charge in [-0.2, -0.15) is 0 Å². The highest BCUT2D eigenvalue weighted by molar-refractivity contribution is 5.36. The fourth-order valence-corrected chi connectivity index (χ4v) is 2.71. The first-order valence-electron chi connectivity index (χ1n) is 7.51. The van der Waals surface area contributed by atoms with Gasteiger partial charge in [0.15, 0.2) is 0 Å². The minimum absolute atomic E-state index is 0.110. The molecule has 1 aliphatic rings. The van der Waals surface area contributed by atoms with Crippen LogP contribution in [0.5, 0.6) is 11.5 Å². The molecule has 1 aliphatic heterocycles. The van der Waals surface area contributed by atoms with Gasteiger partial charge >= 0.3 is 0 Å². The summed E-state index contributed by atoms with van der Waals surface area (Å²) in [6.07, 6.45) is 5.67. The van der Waals surface area contributed by atoms with Crippen LogP contribution in [0.2, 0.25) is 0 Å². The second kappa shape index (κ2) is 7.82. The number of allylic oxidation sites excluding steroid dienone is 2. The van der Waals surface area contributed by atoms with Crippen LogP contribution in [-0.2, 0) is 6.54 Å². The van der Waals surface area contributed by atoms with Gasteiger partial charge in [-0.05, 0) is 23.3 Å². The van der Waals surface area contributed by atoms with Gasteiger partial charge in [-0.15, -0.1) is 0 Å². The van der Waals surface area contributed by atoms with Gasteiger partial charge in [-0.1, -0.05) is 31.4 Å². The number of nitrogens with zero attached hydrogens (tertiary/aromatic N) is 2. The number of phenols is 2. The largest absolute Gasteiger partial charge is 0.508 e. The van der Waals surface area contributed by atoms with Crippen LogP contribution >= 0.6 is 0 Å². The molecule has 1 fully saturated rings. The van der Waals surface area contributed by atoms with Gasteiger partial charge < -0.3 is 10.2 Å². The minimum Gasteiger partial charge on any atom is -0.508 e. The van der Waals surface area contributed by atoms with Crippen LogP contribution < -0.4 is 0 Å². The standard InChI is InChI=1S/C18H24N2O2/c1-3-5-15(4-2)13-19-6-8-20(9-7-19)14-16-10-17(21)12-18(22)11-16/h3-5,10-12,21-22H,1-2,6-9,13-14H2/b15-5+. The normalized spacial score (nSPS) is 17.4. The van der Waals surface area contributed by atoms with E-state index in [0.29, 0.717) is 0 Å². The Balaban J connectivity index is 1.85. The molecule has 0 unspecified atom stereocenters. The van der Waals surface area contributed by atoms with Crippen LogP contribution in [0.15, 0.2) is 55.2 Å². The van der Waals surface area contributed by atoms with E-state index >= 15 is 0 Å². The lowest BCUT2D eigenvalue weighted by atomic mass is 10.1. The Labute approximate surface area is 132 Å². The van der Waals surface area contributed by atoms with Crippen molar-refractivity contribution < 1.29 is 10.2 Å². The summed E-state index contributed by atoms with van der Waals surface area (Å²) in [6, 6.07) is 4.76. The second-order valence-corrected chi connectivity index (χ2v) is 5.59. The third kappa shape index (κ3) is 4.76. The molecule has 0 radical (unpaired) electrons. The van der Waals surface area contributed by atoms with E-state index in [0.717, 1.165) is 44.8 Å². The predicted molar refractivity (Wildman–Crippen MR) is 90.0 cm³/mol. The Morgan fingerprint density at radius 3 is 2.14 bits per heavy atom. The van der Waals surface area contributed by atoms with E-state index < -0.39 is 0 Å². The first kappa shape index (κ1) is 16.3. The smallest absolute Gasteiger partial charge is 0.119 e. The van der Waals surface area contributed by atoms with E-state index in [1.165, 1.54) is 11.6 Å². The topological polar surface area (TPSA) is 46.9 Å². The maximum Gasteiger partial charge on any atom is 0.119 e. The number of phenolic OH excluding ortho intramolecular Hbond substituents is 2. The summed E-state index contributed by atoms with van der Waals surface area (Å²) in [5.41, 5.74) is 2.12. The molecule has 22 heavy (non-hydrogen) atoms. The van der Waals surface area contributed by atoms with Gasteiger partial charge in [0.05, 0.1) is 0 Å². The summed E-state index contributed by atoms with van der Waals surface area (Å²) < 4.78 is 0. The Bertz CT molecular complexity index is 538. The Morgan fingerprint density at radius 2 is 1.59 bits per heavy atom. The number of benzene rings is 1. The highest BCUT2D eigenvalue weighted by Crippen LogP contribution is 2.21. The van der Waals surface area contributed by atoms with Crippen molar-refractivity contribution in [1.82, 2.24) is 9.80 Å². The Morgan fingerprint density at radius 1 is 1.00 bits per heavy atom. The van der Waals surface area contributed by atoms with Gasteiger partial charge in [0.2, 0.25) is 0 Å². The molecule has 1 aromatic carbocycles. The molecular weight excluding hydrogens is 276 g/mol. The van der Waals surface area contributed by atoms with Crippen LogP contribution in [0.4, 0.5) is 0 Å². The molecule has 0 saturated carbocycles. The number of aromatic hydroxyl groups is 2. The molecule has 0 aromatic heterocycles. The maximum absolute atomic E-state index is 9.53. The van der Waals surface area contributed by atoms with Crippen LogP contribution in [0, 0.1) is 0 Å². The van der Waals surface area contributed by atoms with Crippen molar-refractivity contribution in [3.8, 4) is 11.5 Å². The predicted octanol–water partition coefficient (Wildman–Crippen LogP) is 2.51.